The lowest BCUT2D eigenvalue weighted by molar-refractivity contribution is 0.0964. The molecule has 3 rings (SSSR count). The van der Waals surface area contributed by atoms with E-state index < -0.39 is 7.14 Å². The Bertz CT molecular complexity index is 941. The molecule has 0 aliphatic rings. The smallest absolute Gasteiger partial charge is 0.251 e. The lowest BCUT2D eigenvalue weighted by Gasteiger charge is -2.23. The zero-order valence-electron chi connectivity index (χ0n) is 16.4. The fourth-order valence-corrected chi connectivity index (χ4v) is 6.31. The number of rotatable bonds is 7. The Kier molecular flexibility index (Phi) is 6.49. The number of amides is 1. The third-order valence-corrected chi connectivity index (χ3v) is 8.03. The Morgan fingerprint density at radius 1 is 0.893 bits per heavy atom. The van der Waals surface area contributed by atoms with Crippen molar-refractivity contribution in [2.45, 2.75) is 26.2 Å². The van der Waals surface area contributed by atoms with E-state index in [1.165, 1.54) is 0 Å². The molecule has 144 valence electrons. The molecule has 0 spiro atoms. The van der Waals surface area contributed by atoms with Crippen molar-refractivity contribution in [3.05, 3.63) is 90.0 Å². The highest BCUT2D eigenvalue weighted by Gasteiger charge is 2.33. The summed E-state index contributed by atoms with van der Waals surface area (Å²) < 4.78 is 14.7. The summed E-state index contributed by atoms with van der Waals surface area (Å²) in [5.41, 5.74) is 1.58. The molecule has 0 fully saturated rings. The van der Waals surface area contributed by atoms with Crippen LogP contribution in [0.5, 0.6) is 0 Å². The summed E-state index contributed by atoms with van der Waals surface area (Å²) in [6.45, 7) is 2.15. The lowest BCUT2D eigenvalue weighted by atomic mass is 10.1. The van der Waals surface area contributed by atoms with E-state index in [0.29, 0.717) is 10.9 Å². The molecule has 1 N–H and O–H groups in total. The first-order valence-corrected chi connectivity index (χ1v) is 11.4. The molecular formula is C24H26NO2P. The van der Waals surface area contributed by atoms with Gasteiger partial charge in [0.2, 0.25) is 0 Å². The highest BCUT2D eigenvalue weighted by atomic mass is 31.2. The maximum atomic E-state index is 14.7. The van der Waals surface area contributed by atoms with Gasteiger partial charge in [-0.2, -0.15) is 0 Å². The van der Waals surface area contributed by atoms with Crippen molar-refractivity contribution in [1.29, 1.82) is 0 Å². The van der Waals surface area contributed by atoms with Crippen LogP contribution in [-0.2, 0) is 11.0 Å². The molecule has 0 aliphatic carbocycles. The van der Waals surface area contributed by atoms with Gasteiger partial charge in [0.05, 0.1) is 5.56 Å². The number of hydrogen-bond acceptors (Lipinski definition) is 2. The molecule has 0 aliphatic heterocycles. The second kappa shape index (κ2) is 9.03. The second-order valence-electron chi connectivity index (χ2n) is 6.81. The van der Waals surface area contributed by atoms with Crippen LogP contribution >= 0.6 is 7.14 Å². The van der Waals surface area contributed by atoms with Crippen molar-refractivity contribution < 1.29 is 9.36 Å². The van der Waals surface area contributed by atoms with Crippen LogP contribution in [0.4, 0.5) is 0 Å². The molecule has 3 aromatic rings. The quantitative estimate of drug-likeness (QED) is 0.618. The Hall–Kier alpha value is -2.64. The van der Waals surface area contributed by atoms with E-state index in [9.17, 15) is 9.36 Å². The molecular weight excluding hydrogens is 365 g/mol. The van der Waals surface area contributed by atoms with Gasteiger partial charge in [0, 0.05) is 23.0 Å². The maximum Gasteiger partial charge on any atom is 0.251 e. The Balaban J connectivity index is 2.30. The minimum atomic E-state index is -3.20. The van der Waals surface area contributed by atoms with E-state index in [0.717, 1.165) is 35.4 Å². The first-order chi connectivity index (χ1) is 13.6. The summed E-state index contributed by atoms with van der Waals surface area (Å²) in [7, 11) is -1.60. The molecule has 0 heterocycles. The molecule has 0 unspecified atom stereocenters. The molecule has 0 saturated carbocycles. The lowest BCUT2D eigenvalue weighted by Crippen LogP contribution is -2.32. The van der Waals surface area contributed by atoms with Crippen LogP contribution in [0.2, 0.25) is 0 Å². The van der Waals surface area contributed by atoms with E-state index in [1.54, 1.807) is 7.05 Å². The van der Waals surface area contributed by atoms with Gasteiger partial charge < -0.3 is 9.88 Å². The van der Waals surface area contributed by atoms with Gasteiger partial charge in [0.25, 0.3) is 5.91 Å². The number of benzene rings is 3. The molecule has 3 aromatic carbocycles. The van der Waals surface area contributed by atoms with E-state index in [4.69, 9.17) is 0 Å². The van der Waals surface area contributed by atoms with Crippen LogP contribution in [0.15, 0.2) is 78.9 Å². The van der Waals surface area contributed by atoms with Gasteiger partial charge >= 0.3 is 0 Å². The highest BCUT2D eigenvalue weighted by Crippen LogP contribution is 2.43. The van der Waals surface area contributed by atoms with Gasteiger partial charge in [-0.15, -0.1) is 0 Å². The average molecular weight is 391 g/mol. The summed E-state index contributed by atoms with van der Waals surface area (Å²) >= 11 is 0. The summed E-state index contributed by atoms with van der Waals surface area (Å²) in [6.07, 6.45) is 3.04. The second-order valence-corrected chi connectivity index (χ2v) is 9.55. The first-order valence-electron chi connectivity index (χ1n) is 9.68. The molecule has 28 heavy (non-hydrogen) atoms. The minimum Gasteiger partial charge on any atom is -0.355 e. The number of unbranched alkanes of at least 4 members (excludes halogenated alkanes) is 1. The zero-order valence-corrected chi connectivity index (χ0v) is 17.3. The zero-order chi connectivity index (χ0) is 20.0. The highest BCUT2D eigenvalue weighted by molar-refractivity contribution is 7.85. The van der Waals surface area contributed by atoms with E-state index in [2.05, 4.69) is 12.2 Å². The predicted octanol–water partition coefficient (Wildman–Crippen LogP) is 4.03. The molecule has 0 atom stereocenters. The monoisotopic (exact) mass is 391 g/mol. The number of nitrogens with one attached hydrogen (secondary N) is 1. The minimum absolute atomic E-state index is 0.218. The van der Waals surface area contributed by atoms with Gasteiger partial charge in [-0.05, 0) is 30.5 Å². The number of carbonyl (C=O) groups is 1. The van der Waals surface area contributed by atoms with Crippen molar-refractivity contribution in [3.63, 3.8) is 0 Å². The van der Waals surface area contributed by atoms with E-state index in [-0.39, 0.29) is 5.91 Å². The van der Waals surface area contributed by atoms with Gasteiger partial charge in [-0.3, -0.25) is 4.79 Å². The summed E-state index contributed by atoms with van der Waals surface area (Å²) in [4.78, 5) is 12.6. The van der Waals surface area contributed by atoms with Crippen molar-refractivity contribution in [2.24, 2.45) is 0 Å². The summed E-state index contributed by atoms with van der Waals surface area (Å²) in [6, 6.07) is 24.7. The van der Waals surface area contributed by atoms with E-state index in [1.807, 2.05) is 78.9 Å². The maximum absolute atomic E-state index is 14.7. The van der Waals surface area contributed by atoms with Gasteiger partial charge in [0.15, 0.2) is 7.14 Å². The third kappa shape index (κ3) is 3.95. The number of carbonyl (C=O) groups excluding carboxylic acids is 1. The molecule has 4 heteroatoms. The summed E-state index contributed by atoms with van der Waals surface area (Å²) in [5, 5.41) is 4.78. The molecule has 1 amide bonds. The van der Waals surface area contributed by atoms with Gasteiger partial charge in [-0.1, -0.05) is 80.1 Å². The fourth-order valence-electron chi connectivity index (χ4n) is 3.40. The SMILES string of the molecule is CCCCc1ccc(C(=O)NC)c(P(=O)(c2ccccc2)c2ccccc2)c1. The average Bonchev–Trinajstić information content (AvgIpc) is 2.77. The molecule has 3 nitrogen and oxygen atoms in total. The molecule has 0 bridgehead atoms. The Labute approximate surface area is 167 Å². The van der Waals surface area contributed by atoms with Gasteiger partial charge in [-0.25, -0.2) is 0 Å². The number of aryl methyl sites for hydroxylation is 1. The molecule has 0 saturated heterocycles. The van der Waals surface area contributed by atoms with Crippen LogP contribution in [0, 0.1) is 0 Å². The first kappa shape index (κ1) is 20.1. The Morgan fingerprint density at radius 3 is 1.96 bits per heavy atom. The van der Waals surface area contributed by atoms with Crippen LogP contribution in [0.1, 0.15) is 35.7 Å². The predicted molar refractivity (Wildman–Crippen MR) is 118 cm³/mol. The van der Waals surface area contributed by atoms with Crippen molar-refractivity contribution in [3.8, 4) is 0 Å². The van der Waals surface area contributed by atoms with Crippen molar-refractivity contribution >= 4 is 29.0 Å². The Morgan fingerprint density at radius 2 is 1.46 bits per heavy atom. The molecule has 0 radical (unpaired) electrons. The van der Waals surface area contributed by atoms with Gasteiger partial charge in [0.1, 0.15) is 0 Å². The van der Waals surface area contributed by atoms with Crippen LogP contribution in [-0.4, -0.2) is 13.0 Å². The largest absolute Gasteiger partial charge is 0.355 e. The summed E-state index contributed by atoms with van der Waals surface area (Å²) in [5.74, 6) is -0.218. The van der Waals surface area contributed by atoms with Crippen LogP contribution in [0.25, 0.3) is 0 Å². The molecule has 0 aromatic heterocycles. The van der Waals surface area contributed by atoms with Crippen LogP contribution < -0.4 is 21.2 Å². The van der Waals surface area contributed by atoms with Crippen LogP contribution in [0.3, 0.4) is 0 Å². The van der Waals surface area contributed by atoms with Crippen molar-refractivity contribution in [2.75, 3.05) is 7.05 Å². The standard InChI is InChI=1S/C24H26NO2P/c1-3-4-11-19-16-17-22(24(26)25-2)23(18-19)28(27,20-12-7-5-8-13-20)21-14-9-6-10-15-21/h5-10,12-18H,3-4,11H2,1-2H3,(H,25,26). The normalized spacial score (nSPS) is 11.2. The topological polar surface area (TPSA) is 46.2 Å². The fraction of sp³-hybridized carbons (Fsp3) is 0.208. The van der Waals surface area contributed by atoms with Crippen molar-refractivity contribution in [1.82, 2.24) is 5.32 Å². The van der Waals surface area contributed by atoms with E-state index >= 15 is 0 Å². The number of hydrogen-bond donors (Lipinski definition) is 1. The third-order valence-electron chi connectivity index (χ3n) is 4.93.